The third-order valence-electron chi connectivity index (χ3n) is 3.25. The predicted octanol–water partition coefficient (Wildman–Crippen LogP) is 2.34. The maximum atomic E-state index is 13.7. The molecular weight excluding hydrogens is 273 g/mol. The lowest BCUT2D eigenvalue weighted by Crippen LogP contribution is -2.47. The number of hydrogen-bond donors (Lipinski definition) is 0. The lowest BCUT2D eigenvalue weighted by atomic mass is 10.2. The average Bonchev–Trinajstić information content (AvgIpc) is 2.32. The molecule has 1 aromatic carbocycles. The molecule has 100 valence electrons. The summed E-state index contributed by atoms with van der Waals surface area (Å²) in [5.74, 6) is 0.0645. The van der Waals surface area contributed by atoms with Crippen molar-refractivity contribution in [3.8, 4) is 0 Å². The molecule has 0 radical (unpaired) electrons. The Labute approximate surface area is 111 Å². The van der Waals surface area contributed by atoms with Gasteiger partial charge in [-0.25, -0.2) is 12.8 Å². The molecule has 2 atom stereocenters. The molecule has 3 nitrogen and oxygen atoms in total. The molecule has 18 heavy (non-hydrogen) atoms. The molecule has 0 N–H and O–H groups in total. The third-order valence-corrected chi connectivity index (χ3v) is 6.61. The van der Waals surface area contributed by atoms with E-state index in [0.29, 0.717) is 6.54 Å². The molecule has 1 heterocycles. The van der Waals surface area contributed by atoms with Gasteiger partial charge in [0.1, 0.15) is 10.7 Å². The van der Waals surface area contributed by atoms with Crippen LogP contribution in [-0.4, -0.2) is 36.3 Å². The zero-order chi connectivity index (χ0) is 13.3. The molecule has 1 aliphatic heterocycles. The van der Waals surface area contributed by atoms with Crippen LogP contribution in [0.3, 0.4) is 0 Å². The fourth-order valence-electron chi connectivity index (χ4n) is 2.02. The number of benzene rings is 1. The molecule has 0 bridgehead atoms. The van der Waals surface area contributed by atoms with Crippen LogP contribution in [0.4, 0.5) is 4.39 Å². The normalized spacial score (nSPS) is 26.2. The minimum Gasteiger partial charge on any atom is -0.207 e. The monoisotopic (exact) mass is 289 g/mol. The van der Waals surface area contributed by atoms with Crippen molar-refractivity contribution in [3.05, 3.63) is 30.1 Å². The molecule has 6 heteroatoms. The van der Waals surface area contributed by atoms with E-state index in [4.69, 9.17) is 0 Å². The molecule has 0 saturated carbocycles. The van der Waals surface area contributed by atoms with Gasteiger partial charge in [-0.1, -0.05) is 19.1 Å². The van der Waals surface area contributed by atoms with E-state index in [0.717, 1.165) is 5.75 Å². The maximum absolute atomic E-state index is 13.7. The van der Waals surface area contributed by atoms with Crippen molar-refractivity contribution in [2.75, 3.05) is 12.3 Å². The highest BCUT2D eigenvalue weighted by molar-refractivity contribution is 8.00. The van der Waals surface area contributed by atoms with Crippen molar-refractivity contribution >= 4 is 21.8 Å². The van der Waals surface area contributed by atoms with E-state index >= 15 is 0 Å². The van der Waals surface area contributed by atoms with Gasteiger partial charge >= 0.3 is 0 Å². The Balaban J connectivity index is 2.40. The predicted molar refractivity (Wildman–Crippen MR) is 71.7 cm³/mol. The van der Waals surface area contributed by atoms with Crippen LogP contribution in [0.5, 0.6) is 0 Å². The summed E-state index contributed by atoms with van der Waals surface area (Å²) in [6.45, 7) is 4.31. The topological polar surface area (TPSA) is 37.4 Å². The van der Waals surface area contributed by atoms with Crippen LogP contribution >= 0.6 is 11.8 Å². The highest BCUT2D eigenvalue weighted by Gasteiger charge is 2.36. The quantitative estimate of drug-likeness (QED) is 0.838. The maximum Gasteiger partial charge on any atom is 0.246 e. The van der Waals surface area contributed by atoms with Gasteiger partial charge in [-0.3, -0.25) is 0 Å². The first-order valence-corrected chi connectivity index (χ1v) is 8.31. The summed E-state index contributed by atoms with van der Waals surface area (Å²) >= 11 is 1.75. The van der Waals surface area contributed by atoms with E-state index in [-0.39, 0.29) is 16.2 Å². The first kappa shape index (κ1) is 13.8. The first-order chi connectivity index (χ1) is 8.44. The Bertz CT molecular complexity index is 533. The van der Waals surface area contributed by atoms with Gasteiger partial charge in [0.2, 0.25) is 10.0 Å². The lowest BCUT2D eigenvalue weighted by Gasteiger charge is -2.36. The Morgan fingerprint density at radius 2 is 2.00 bits per heavy atom. The van der Waals surface area contributed by atoms with Gasteiger partial charge in [0.15, 0.2) is 0 Å². The Hall–Kier alpha value is -0.590. The molecule has 0 spiro atoms. The SMILES string of the molecule is CC1SCCN(S(=O)(=O)c2ccccc2F)C1C. The van der Waals surface area contributed by atoms with Crippen molar-refractivity contribution in [2.45, 2.75) is 30.0 Å². The fourth-order valence-corrected chi connectivity index (χ4v) is 5.09. The van der Waals surface area contributed by atoms with Crippen molar-refractivity contribution in [2.24, 2.45) is 0 Å². The average molecular weight is 289 g/mol. The van der Waals surface area contributed by atoms with Crippen LogP contribution in [0.25, 0.3) is 0 Å². The standard InChI is InChI=1S/C12H16FNO2S2/c1-9-10(2)17-8-7-14(9)18(15,16)12-6-4-3-5-11(12)13/h3-6,9-10H,7-8H2,1-2H3. The van der Waals surface area contributed by atoms with Crippen LogP contribution in [0.2, 0.25) is 0 Å². The van der Waals surface area contributed by atoms with E-state index in [9.17, 15) is 12.8 Å². The molecule has 2 unspecified atom stereocenters. The number of sulfonamides is 1. The highest BCUT2D eigenvalue weighted by atomic mass is 32.2. The van der Waals surface area contributed by atoms with Gasteiger partial charge in [-0.15, -0.1) is 0 Å². The molecule has 1 fully saturated rings. The van der Waals surface area contributed by atoms with E-state index < -0.39 is 15.8 Å². The molecular formula is C12H16FNO2S2. The summed E-state index contributed by atoms with van der Waals surface area (Å²) in [4.78, 5) is -0.226. The summed E-state index contributed by atoms with van der Waals surface area (Å²) in [7, 11) is -3.73. The molecule has 1 saturated heterocycles. The summed E-state index contributed by atoms with van der Waals surface area (Å²) in [5, 5.41) is 0.222. The van der Waals surface area contributed by atoms with Crippen LogP contribution in [0.15, 0.2) is 29.2 Å². The molecule has 0 amide bonds. The van der Waals surface area contributed by atoms with Crippen molar-refractivity contribution in [3.63, 3.8) is 0 Å². The van der Waals surface area contributed by atoms with Gasteiger partial charge in [0.05, 0.1) is 0 Å². The number of nitrogens with zero attached hydrogens (tertiary/aromatic N) is 1. The van der Waals surface area contributed by atoms with E-state index in [1.165, 1.54) is 22.5 Å². The van der Waals surface area contributed by atoms with Crippen molar-refractivity contribution < 1.29 is 12.8 Å². The lowest BCUT2D eigenvalue weighted by molar-refractivity contribution is 0.338. The van der Waals surface area contributed by atoms with Gasteiger partial charge < -0.3 is 0 Å². The Kier molecular flexibility index (Phi) is 3.99. The minimum absolute atomic E-state index is 0.117. The second-order valence-corrected chi connectivity index (χ2v) is 7.71. The summed E-state index contributed by atoms with van der Waals surface area (Å²) in [6.07, 6.45) is 0. The third kappa shape index (κ3) is 2.41. The molecule has 1 aliphatic rings. The Morgan fingerprint density at radius 1 is 1.33 bits per heavy atom. The van der Waals surface area contributed by atoms with Crippen molar-refractivity contribution in [1.82, 2.24) is 4.31 Å². The van der Waals surface area contributed by atoms with Crippen LogP contribution in [0.1, 0.15) is 13.8 Å². The fraction of sp³-hybridized carbons (Fsp3) is 0.500. The Morgan fingerprint density at radius 3 is 2.67 bits per heavy atom. The summed E-state index contributed by atoms with van der Waals surface area (Å²) < 4.78 is 39.9. The zero-order valence-corrected chi connectivity index (χ0v) is 12.0. The smallest absolute Gasteiger partial charge is 0.207 e. The van der Waals surface area contributed by atoms with Crippen molar-refractivity contribution in [1.29, 1.82) is 0 Å². The first-order valence-electron chi connectivity index (χ1n) is 5.82. The number of rotatable bonds is 2. The molecule has 2 rings (SSSR count). The number of thioether (sulfide) groups is 1. The van der Waals surface area contributed by atoms with E-state index in [1.807, 2.05) is 13.8 Å². The van der Waals surface area contributed by atoms with Gasteiger partial charge in [-0.2, -0.15) is 16.1 Å². The van der Waals surface area contributed by atoms with Gasteiger partial charge in [-0.05, 0) is 19.1 Å². The minimum atomic E-state index is -3.73. The number of hydrogen-bond acceptors (Lipinski definition) is 3. The largest absolute Gasteiger partial charge is 0.246 e. The van der Waals surface area contributed by atoms with E-state index in [1.54, 1.807) is 17.8 Å². The summed E-state index contributed by atoms with van der Waals surface area (Å²) in [6, 6.07) is 5.42. The van der Waals surface area contributed by atoms with Gasteiger partial charge in [0.25, 0.3) is 0 Å². The van der Waals surface area contributed by atoms with Gasteiger partial charge in [0, 0.05) is 23.6 Å². The highest BCUT2D eigenvalue weighted by Crippen LogP contribution is 2.30. The molecule has 0 aliphatic carbocycles. The zero-order valence-electron chi connectivity index (χ0n) is 10.3. The van der Waals surface area contributed by atoms with Crippen LogP contribution < -0.4 is 0 Å². The molecule has 0 aromatic heterocycles. The van der Waals surface area contributed by atoms with Crippen LogP contribution in [0, 0.1) is 5.82 Å². The second kappa shape index (κ2) is 5.19. The summed E-state index contributed by atoms with van der Waals surface area (Å²) in [5.41, 5.74) is 0. The van der Waals surface area contributed by atoms with Crippen LogP contribution in [-0.2, 0) is 10.0 Å². The van der Waals surface area contributed by atoms with E-state index in [2.05, 4.69) is 0 Å². The molecule has 1 aromatic rings. The number of halogens is 1. The second-order valence-electron chi connectivity index (χ2n) is 4.36.